The Labute approximate surface area is 124 Å². The SMILES string of the molecule is CC(C)N(C(=O)COc1ccc(Cl)cc1Cl)C(C)C. The van der Waals surface area contributed by atoms with Crippen molar-refractivity contribution in [3.63, 3.8) is 0 Å². The first-order chi connectivity index (χ1) is 8.82. The van der Waals surface area contributed by atoms with Gasteiger partial charge in [-0.05, 0) is 45.9 Å². The maximum atomic E-state index is 12.1. The van der Waals surface area contributed by atoms with E-state index in [9.17, 15) is 4.79 Å². The molecule has 0 spiro atoms. The van der Waals surface area contributed by atoms with Crippen LogP contribution in [0.3, 0.4) is 0 Å². The van der Waals surface area contributed by atoms with Crippen molar-refractivity contribution >= 4 is 29.1 Å². The van der Waals surface area contributed by atoms with Crippen LogP contribution in [-0.2, 0) is 4.79 Å². The zero-order chi connectivity index (χ0) is 14.6. The topological polar surface area (TPSA) is 29.5 Å². The first-order valence-corrected chi connectivity index (χ1v) is 6.97. The normalized spacial score (nSPS) is 10.9. The molecule has 0 saturated heterocycles. The van der Waals surface area contributed by atoms with Gasteiger partial charge in [0.25, 0.3) is 5.91 Å². The van der Waals surface area contributed by atoms with Gasteiger partial charge in [-0.1, -0.05) is 23.2 Å². The molecule has 19 heavy (non-hydrogen) atoms. The quantitative estimate of drug-likeness (QED) is 0.822. The van der Waals surface area contributed by atoms with Crippen LogP contribution in [0.1, 0.15) is 27.7 Å². The number of carbonyl (C=O) groups excluding carboxylic acids is 1. The average Bonchev–Trinajstić information content (AvgIpc) is 2.26. The van der Waals surface area contributed by atoms with Crippen molar-refractivity contribution in [2.45, 2.75) is 39.8 Å². The second kappa shape index (κ2) is 7.01. The van der Waals surface area contributed by atoms with Crippen LogP contribution < -0.4 is 4.74 Å². The van der Waals surface area contributed by atoms with Crippen molar-refractivity contribution in [2.75, 3.05) is 6.61 Å². The third kappa shape index (κ3) is 4.59. The molecule has 0 atom stereocenters. The third-order valence-electron chi connectivity index (χ3n) is 2.65. The van der Waals surface area contributed by atoms with Gasteiger partial charge in [-0.15, -0.1) is 0 Å². The highest BCUT2D eigenvalue weighted by Crippen LogP contribution is 2.27. The molecule has 1 aromatic rings. The highest BCUT2D eigenvalue weighted by molar-refractivity contribution is 6.35. The number of ether oxygens (including phenoxy) is 1. The molecule has 0 saturated carbocycles. The van der Waals surface area contributed by atoms with Crippen molar-refractivity contribution in [1.82, 2.24) is 4.90 Å². The maximum Gasteiger partial charge on any atom is 0.260 e. The van der Waals surface area contributed by atoms with E-state index in [0.717, 1.165) is 0 Å². The number of carbonyl (C=O) groups is 1. The van der Waals surface area contributed by atoms with Gasteiger partial charge in [0.1, 0.15) is 5.75 Å². The fraction of sp³-hybridized carbons (Fsp3) is 0.500. The van der Waals surface area contributed by atoms with E-state index in [4.69, 9.17) is 27.9 Å². The van der Waals surface area contributed by atoms with Gasteiger partial charge in [-0.3, -0.25) is 4.79 Å². The Kier molecular flexibility index (Phi) is 5.95. The van der Waals surface area contributed by atoms with Crippen LogP contribution in [0.5, 0.6) is 5.75 Å². The molecule has 0 fully saturated rings. The van der Waals surface area contributed by atoms with Crippen LogP contribution in [0.15, 0.2) is 18.2 Å². The molecule has 0 unspecified atom stereocenters. The van der Waals surface area contributed by atoms with E-state index in [-0.39, 0.29) is 24.6 Å². The molecule has 0 radical (unpaired) electrons. The van der Waals surface area contributed by atoms with Crippen LogP contribution in [0, 0.1) is 0 Å². The minimum atomic E-state index is -0.0592. The van der Waals surface area contributed by atoms with Gasteiger partial charge in [0.2, 0.25) is 0 Å². The number of rotatable bonds is 5. The van der Waals surface area contributed by atoms with Gasteiger partial charge in [-0.2, -0.15) is 0 Å². The van der Waals surface area contributed by atoms with Crippen LogP contribution in [0.2, 0.25) is 10.0 Å². The van der Waals surface area contributed by atoms with Gasteiger partial charge in [-0.25, -0.2) is 0 Å². The number of hydrogen-bond acceptors (Lipinski definition) is 2. The lowest BCUT2D eigenvalue weighted by Gasteiger charge is -2.30. The number of amides is 1. The van der Waals surface area contributed by atoms with Crippen LogP contribution in [-0.4, -0.2) is 29.5 Å². The molecule has 1 amide bonds. The van der Waals surface area contributed by atoms with Crippen molar-refractivity contribution in [2.24, 2.45) is 0 Å². The monoisotopic (exact) mass is 303 g/mol. The number of benzene rings is 1. The van der Waals surface area contributed by atoms with Crippen molar-refractivity contribution < 1.29 is 9.53 Å². The first-order valence-electron chi connectivity index (χ1n) is 6.22. The molecule has 0 N–H and O–H groups in total. The predicted molar refractivity (Wildman–Crippen MR) is 79.1 cm³/mol. The van der Waals surface area contributed by atoms with E-state index >= 15 is 0 Å². The lowest BCUT2D eigenvalue weighted by molar-refractivity contribution is -0.136. The molecular formula is C14H19Cl2NO2. The fourth-order valence-corrected chi connectivity index (χ4v) is 2.44. The summed E-state index contributed by atoms with van der Waals surface area (Å²) in [4.78, 5) is 13.9. The Bertz CT molecular complexity index is 439. The molecule has 5 heteroatoms. The number of hydrogen-bond donors (Lipinski definition) is 0. The minimum absolute atomic E-state index is 0.0300. The lowest BCUT2D eigenvalue weighted by atomic mass is 10.2. The summed E-state index contributed by atoms with van der Waals surface area (Å²) >= 11 is 11.8. The highest BCUT2D eigenvalue weighted by Gasteiger charge is 2.20. The second-order valence-electron chi connectivity index (χ2n) is 4.85. The van der Waals surface area contributed by atoms with E-state index in [1.165, 1.54) is 0 Å². The van der Waals surface area contributed by atoms with Crippen LogP contribution in [0.4, 0.5) is 0 Å². The van der Waals surface area contributed by atoms with Gasteiger partial charge >= 0.3 is 0 Å². The maximum absolute atomic E-state index is 12.1. The molecule has 0 aliphatic carbocycles. The highest BCUT2D eigenvalue weighted by atomic mass is 35.5. The number of halogens is 2. The zero-order valence-electron chi connectivity index (χ0n) is 11.6. The summed E-state index contributed by atoms with van der Waals surface area (Å²) in [5, 5.41) is 0.940. The Balaban J connectivity index is 2.67. The molecule has 1 rings (SSSR count). The Morgan fingerprint density at radius 1 is 1.21 bits per heavy atom. The predicted octanol–water partition coefficient (Wildman–Crippen LogP) is 4.02. The fourth-order valence-electron chi connectivity index (χ4n) is 1.98. The Morgan fingerprint density at radius 3 is 2.26 bits per heavy atom. The summed E-state index contributed by atoms with van der Waals surface area (Å²) in [6.45, 7) is 7.89. The smallest absolute Gasteiger partial charge is 0.260 e. The summed E-state index contributed by atoms with van der Waals surface area (Å²) in [6, 6.07) is 5.20. The molecule has 0 aromatic heterocycles. The summed E-state index contributed by atoms with van der Waals surface area (Å²) in [6.07, 6.45) is 0. The van der Waals surface area contributed by atoms with Crippen molar-refractivity contribution in [3.8, 4) is 5.75 Å². The standard InChI is InChI=1S/C14H19Cl2NO2/c1-9(2)17(10(3)4)14(18)8-19-13-6-5-11(15)7-12(13)16/h5-7,9-10H,8H2,1-4H3. The van der Waals surface area contributed by atoms with Gasteiger partial charge < -0.3 is 9.64 Å². The minimum Gasteiger partial charge on any atom is -0.482 e. The number of nitrogens with zero attached hydrogens (tertiary/aromatic N) is 1. The zero-order valence-corrected chi connectivity index (χ0v) is 13.1. The van der Waals surface area contributed by atoms with E-state index in [2.05, 4.69) is 0 Å². The Morgan fingerprint density at radius 2 is 1.79 bits per heavy atom. The summed E-state index contributed by atoms with van der Waals surface area (Å²) in [5.74, 6) is 0.405. The van der Waals surface area contributed by atoms with E-state index < -0.39 is 0 Å². The van der Waals surface area contributed by atoms with Gasteiger partial charge in [0.15, 0.2) is 6.61 Å². The summed E-state index contributed by atoms with van der Waals surface area (Å²) in [7, 11) is 0. The van der Waals surface area contributed by atoms with E-state index in [1.54, 1.807) is 23.1 Å². The largest absolute Gasteiger partial charge is 0.482 e. The molecule has 3 nitrogen and oxygen atoms in total. The van der Waals surface area contributed by atoms with Crippen LogP contribution >= 0.6 is 23.2 Å². The van der Waals surface area contributed by atoms with E-state index in [0.29, 0.717) is 15.8 Å². The first kappa shape index (κ1) is 16.1. The molecule has 0 heterocycles. The second-order valence-corrected chi connectivity index (χ2v) is 5.70. The van der Waals surface area contributed by atoms with Gasteiger partial charge in [0, 0.05) is 17.1 Å². The molecule has 0 aliphatic rings. The average molecular weight is 304 g/mol. The van der Waals surface area contributed by atoms with Crippen molar-refractivity contribution in [3.05, 3.63) is 28.2 Å². The molecular weight excluding hydrogens is 285 g/mol. The van der Waals surface area contributed by atoms with Gasteiger partial charge in [0.05, 0.1) is 5.02 Å². The molecule has 1 aromatic carbocycles. The summed E-state index contributed by atoms with van der Waals surface area (Å²) < 4.78 is 5.45. The van der Waals surface area contributed by atoms with Crippen LogP contribution in [0.25, 0.3) is 0 Å². The lowest BCUT2D eigenvalue weighted by Crippen LogP contribution is -2.44. The van der Waals surface area contributed by atoms with E-state index in [1.807, 2.05) is 27.7 Å². The summed E-state index contributed by atoms with van der Waals surface area (Å²) in [5.41, 5.74) is 0. The van der Waals surface area contributed by atoms with Crippen molar-refractivity contribution in [1.29, 1.82) is 0 Å². The molecule has 106 valence electrons. The molecule has 0 aliphatic heterocycles. The third-order valence-corrected chi connectivity index (χ3v) is 3.18. The molecule has 0 bridgehead atoms. The Hall–Kier alpha value is -0.930.